The van der Waals surface area contributed by atoms with Crippen molar-refractivity contribution in [1.82, 2.24) is 4.98 Å². The number of aromatic amines is 1. The number of H-pyrrole nitrogens is 1. The number of nitrogen functional groups attached to an aromatic ring is 1. The summed E-state index contributed by atoms with van der Waals surface area (Å²) in [5.74, 6) is 0.902. The Morgan fingerprint density at radius 3 is 2.41 bits per heavy atom. The predicted octanol–water partition coefficient (Wildman–Crippen LogP) is 3.71. The quantitative estimate of drug-likeness (QED) is 0.644. The van der Waals surface area contributed by atoms with Gasteiger partial charge in [0.2, 0.25) is 0 Å². The maximum Gasteiger partial charge on any atom is 0.268 e. The molecule has 0 atom stereocenters. The van der Waals surface area contributed by atoms with Gasteiger partial charge >= 0.3 is 0 Å². The van der Waals surface area contributed by atoms with Crippen LogP contribution in [0.3, 0.4) is 0 Å². The summed E-state index contributed by atoms with van der Waals surface area (Å²) in [6.07, 6.45) is 1.89. The number of hydrogen-bond acceptors (Lipinski definition) is 6. The molecule has 0 radical (unpaired) electrons. The molecule has 2 aromatic rings. The zero-order chi connectivity index (χ0) is 20.0. The topological polar surface area (TPSA) is 125 Å². The number of nitrogens with one attached hydrogen (secondary N) is 1. The van der Waals surface area contributed by atoms with Crippen molar-refractivity contribution < 1.29 is 9.47 Å². The summed E-state index contributed by atoms with van der Waals surface area (Å²) < 4.78 is 12.0. The lowest BCUT2D eigenvalue weighted by Crippen LogP contribution is -2.16. The molecule has 0 aliphatic rings. The van der Waals surface area contributed by atoms with E-state index in [1.807, 2.05) is 19.1 Å². The number of ether oxygens (including phenoxy) is 2. The molecule has 140 valence electrons. The van der Waals surface area contributed by atoms with Crippen molar-refractivity contribution in [2.75, 3.05) is 18.9 Å². The Hall–Kier alpha value is -2.97. The van der Waals surface area contributed by atoms with E-state index in [9.17, 15) is 15.3 Å². The molecule has 8 heteroatoms. The van der Waals surface area contributed by atoms with Gasteiger partial charge in [-0.25, -0.2) is 0 Å². The van der Waals surface area contributed by atoms with Crippen LogP contribution >= 0.6 is 15.9 Å². The summed E-state index contributed by atoms with van der Waals surface area (Å²) in [5.41, 5.74) is 5.58. The number of nitrogens with zero attached hydrogens (tertiary/aromatic N) is 2. The van der Waals surface area contributed by atoms with Crippen LogP contribution in [0.5, 0.6) is 11.5 Å². The predicted molar refractivity (Wildman–Crippen MR) is 106 cm³/mol. The van der Waals surface area contributed by atoms with E-state index in [1.54, 1.807) is 12.1 Å². The molecule has 1 heterocycles. The van der Waals surface area contributed by atoms with Crippen LogP contribution in [0.2, 0.25) is 0 Å². The third-order valence-electron chi connectivity index (χ3n) is 3.83. The van der Waals surface area contributed by atoms with Crippen molar-refractivity contribution in [3.8, 4) is 34.8 Å². The number of pyridine rings is 1. The number of halogens is 1. The smallest absolute Gasteiger partial charge is 0.268 e. The van der Waals surface area contributed by atoms with Crippen molar-refractivity contribution in [1.29, 1.82) is 10.5 Å². The van der Waals surface area contributed by atoms with Crippen LogP contribution in [0, 0.1) is 22.7 Å². The highest BCUT2D eigenvalue weighted by Crippen LogP contribution is 2.41. The summed E-state index contributed by atoms with van der Waals surface area (Å²) in [4.78, 5) is 14.5. The number of anilines is 1. The molecule has 0 bridgehead atoms. The molecule has 1 aromatic heterocycles. The largest absolute Gasteiger partial charge is 0.490 e. The molecule has 27 heavy (non-hydrogen) atoms. The Morgan fingerprint density at radius 2 is 1.81 bits per heavy atom. The lowest BCUT2D eigenvalue weighted by Gasteiger charge is -2.16. The molecule has 0 unspecified atom stereocenters. The normalized spacial score (nSPS) is 10.1. The van der Waals surface area contributed by atoms with E-state index in [0.717, 1.165) is 12.8 Å². The molecule has 2 rings (SSSR count). The molecule has 0 spiro atoms. The van der Waals surface area contributed by atoms with Crippen molar-refractivity contribution in [3.05, 3.63) is 38.1 Å². The second-order valence-corrected chi connectivity index (χ2v) is 6.48. The third-order valence-corrected chi connectivity index (χ3v) is 4.48. The molecule has 0 aliphatic heterocycles. The minimum Gasteiger partial charge on any atom is -0.490 e. The van der Waals surface area contributed by atoms with Gasteiger partial charge in [-0.15, -0.1) is 0 Å². The van der Waals surface area contributed by atoms with Crippen LogP contribution in [0.15, 0.2) is 21.4 Å². The van der Waals surface area contributed by atoms with Crippen molar-refractivity contribution in [3.63, 3.8) is 0 Å². The van der Waals surface area contributed by atoms with Gasteiger partial charge in [0.15, 0.2) is 11.5 Å². The summed E-state index contributed by atoms with van der Waals surface area (Å²) in [5, 5.41) is 18.9. The molecule has 1 aromatic carbocycles. The van der Waals surface area contributed by atoms with Crippen LogP contribution in [-0.2, 0) is 0 Å². The second-order valence-electron chi connectivity index (χ2n) is 5.63. The highest BCUT2D eigenvalue weighted by molar-refractivity contribution is 9.10. The van der Waals surface area contributed by atoms with Gasteiger partial charge in [-0.05, 0) is 25.5 Å². The van der Waals surface area contributed by atoms with E-state index in [1.165, 1.54) is 0 Å². The molecule has 0 amide bonds. The molecule has 0 aliphatic carbocycles. The molecule has 0 fully saturated rings. The molecule has 7 nitrogen and oxygen atoms in total. The Morgan fingerprint density at radius 1 is 1.15 bits per heavy atom. The van der Waals surface area contributed by atoms with Crippen LogP contribution in [-0.4, -0.2) is 18.2 Å². The Labute approximate surface area is 165 Å². The number of unbranched alkanes of at least 4 members (excludes halogenated alkanes) is 1. The Balaban J connectivity index is 2.74. The van der Waals surface area contributed by atoms with Gasteiger partial charge < -0.3 is 20.2 Å². The van der Waals surface area contributed by atoms with E-state index in [-0.39, 0.29) is 22.5 Å². The first-order valence-electron chi connectivity index (χ1n) is 8.43. The summed E-state index contributed by atoms with van der Waals surface area (Å²) in [7, 11) is 0. The lowest BCUT2D eigenvalue weighted by atomic mass is 9.96. The van der Waals surface area contributed by atoms with E-state index in [4.69, 9.17) is 15.2 Å². The number of benzene rings is 1. The zero-order valence-corrected chi connectivity index (χ0v) is 16.6. The van der Waals surface area contributed by atoms with E-state index in [0.29, 0.717) is 34.7 Å². The summed E-state index contributed by atoms with van der Waals surface area (Å²) >= 11 is 3.45. The number of nitrogens with two attached hydrogens (primary N) is 1. The monoisotopic (exact) mass is 430 g/mol. The SMILES string of the molecule is CCCCOc1cc(Br)c(-c2c(C#N)c(N)[nH]c(=O)c2C#N)cc1OCC. The van der Waals surface area contributed by atoms with Crippen LogP contribution in [0.1, 0.15) is 37.8 Å². The van der Waals surface area contributed by atoms with Gasteiger partial charge in [-0.2, -0.15) is 10.5 Å². The molecule has 0 saturated carbocycles. The van der Waals surface area contributed by atoms with Gasteiger partial charge in [0.25, 0.3) is 5.56 Å². The summed E-state index contributed by atoms with van der Waals surface area (Å²) in [6, 6.07) is 7.16. The minimum absolute atomic E-state index is 0.0222. The first-order valence-corrected chi connectivity index (χ1v) is 9.23. The highest BCUT2D eigenvalue weighted by Gasteiger charge is 2.22. The molecular formula is C19H19BrN4O3. The number of nitriles is 2. The van der Waals surface area contributed by atoms with Crippen LogP contribution in [0.4, 0.5) is 5.82 Å². The minimum atomic E-state index is -0.655. The van der Waals surface area contributed by atoms with Gasteiger partial charge in [-0.1, -0.05) is 29.3 Å². The van der Waals surface area contributed by atoms with E-state index in [2.05, 4.69) is 27.8 Å². The fourth-order valence-corrected chi connectivity index (χ4v) is 3.07. The molecular weight excluding hydrogens is 412 g/mol. The maximum atomic E-state index is 12.2. The second kappa shape index (κ2) is 9.11. The van der Waals surface area contributed by atoms with E-state index >= 15 is 0 Å². The van der Waals surface area contributed by atoms with Crippen molar-refractivity contribution in [2.45, 2.75) is 26.7 Å². The number of rotatable bonds is 7. The van der Waals surface area contributed by atoms with Crippen LogP contribution in [0.25, 0.3) is 11.1 Å². The zero-order valence-electron chi connectivity index (χ0n) is 15.1. The van der Waals surface area contributed by atoms with Crippen molar-refractivity contribution in [2.24, 2.45) is 0 Å². The average molecular weight is 431 g/mol. The van der Waals surface area contributed by atoms with Gasteiger partial charge in [0.05, 0.1) is 13.2 Å². The van der Waals surface area contributed by atoms with Gasteiger partial charge in [0, 0.05) is 15.6 Å². The third kappa shape index (κ3) is 4.24. The lowest BCUT2D eigenvalue weighted by molar-refractivity contribution is 0.272. The fourth-order valence-electron chi connectivity index (χ4n) is 2.55. The number of aromatic nitrogens is 1. The first-order chi connectivity index (χ1) is 13.0. The highest BCUT2D eigenvalue weighted by atomic mass is 79.9. The van der Waals surface area contributed by atoms with Crippen LogP contribution < -0.4 is 20.8 Å². The number of hydrogen-bond donors (Lipinski definition) is 2. The fraction of sp³-hybridized carbons (Fsp3) is 0.316. The Kier molecular flexibility index (Phi) is 6.86. The molecule has 0 saturated heterocycles. The van der Waals surface area contributed by atoms with Gasteiger partial charge in [-0.3, -0.25) is 4.79 Å². The summed E-state index contributed by atoms with van der Waals surface area (Å²) in [6.45, 7) is 4.84. The molecule has 3 N–H and O–H groups in total. The van der Waals surface area contributed by atoms with Crippen molar-refractivity contribution >= 4 is 21.7 Å². The van der Waals surface area contributed by atoms with E-state index < -0.39 is 5.56 Å². The first kappa shape index (κ1) is 20.3. The Bertz CT molecular complexity index is 986. The maximum absolute atomic E-state index is 12.2. The standard InChI is InChI=1S/C19H19BrN4O3/c1-3-5-6-27-16-8-14(20)11(7-15(16)26-4-2)17-12(9-21)18(23)24-19(25)13(17)10-22/h7-8H,3-6H2,1-2H3,(H3,23,24,25). The average Bonchev–Trinajstić information content (AvgIpc) is 2.63. The van der Waals surface area contributed by atoms with Gasteiger partial charge in [0.1, 0.15) is 29.1 Å².